The zero-order valence-corrected chi connectivity index (χ0v) is 9.35. The van der Waals surface area contributed by atoms with Crippen molar-refractivity contribution in [2.24, 2.45) is 5.73 Å². The molecule has 1 aromatic heterocycles. The summed E-state index contributed by atoms with van der Waals surface area (Å²) in [7, 11) is 0. The van der Waals surface area contributed by atoms with Gasteiger partial charge in [0.1, 0.15) is 0 Å². The van der Waals surface area contributed by atoms with Crippen molar-refractivity contribution >= 4 is 11.3 Å². The van der Waals surface area contributed by atoms with E-state index in [-0.39, 0.29) is 0 Å². The monoisotopic (exact) mass is 210 g/mol. The smallest absolute Gasteiger partial charge is 0.0797 e. The second-order valence-corrected chi connectivity index (χ2v) is 4.92. The van der Waals surface area contributed by atoms with Crippen molar-refractivity contribution < 1.29 is 0 Å². The fraction of sp³-hybridized carbons (Fsp3) is 0.727. The van der Waals surface area contributed by atoms with Crippen molar-refractivity contribution in [2.45, 2.75) is 44.4 Å². The second kappa shape index (κ2) is 4.89. The summed E-state index contributed by atoms with van der Waals surface area (Å²) < 4.78 is 0. The Kier molecular flexibility index (Phi) is 3.54. The predicted molar refractivity (Wildman–Crippen MR) is 60.7 cm³/mol. The number of hydrogen-bond donors (Lipinski definition) is 1. The Hall–Kier alpha value is -0.410. The van der Waals surface area contributed by atoms with E-state index in [2.05, 4.69) is 4.98 Å². The third-order valence-electron chi connectivity index (χ3n) is 3.03. The van der Waals surface area contributed by atoms with Crippen molar-refractivity contribution in [3.05, 3.63) is 16.1 Å². The van der Waals surface area contributed by atoms with Crippen LogP contribution in [0.15, 0.2) is 5.51 Å². The molecule has 0 spiro atoms. The van der Waals surface area contributed by atoms with E-state index in [4.69, 9.17) is 5.73 Å². The van der Waals surface area contributed by atoms with E-state index >= 15 is 0 Å². The van der Waals surface area contributed by atoms with E-state index in [0.717, 1.165) is 18.9 Å². The maximum Gasteiger partial charge on any atom is 0.0797 e. The maximum absolute atomic E-state index is 5.58. The first-order valence-corrected chi connectivity index (χ1v) is 6.42. The Balaban J connectivity index is 2.09. The van der Waals surface area contributed by atoms with Crippen molar-refractivity contribution in [1.82, 2.24) is 4.98 Å². The molecular weight excluding hydrogens is 192 g/mol. The lowest BCUT2D eigenvalue weighted by Gasteiger charge is -2.21. The third-order valence-corrected chi connectivity index (χ3v) is 4.06. The van der Waals surface area contributed by atoms with Gasteiger partial charge >= 0.3 is 0 Å². The van der Waals surface area contributed by atoms with Gasteiger partial charge in [0.05, 0.1) is 11.2 Å². The zero-order valence-electron chi connectivity index (χ0n) is 8.54. The van der Waals surface area contributed by atoms with Gasteiger partial charge in [-0.15, -0.1) is 11.3 Å². The van der Waals surface area contributed by atoms with Gasteiger partial charge in [-0.05, 0) is 25.3 Å². The summed E-state index contributed by atoms with van der Waals surface area (Å²) in [4.78, 5) is 5.94. The molecule has 1 aliphatic carbocycles. The molecule has 1 heterocycles. The largest absolute Gasteiger partial charge is 0.330 e. The van der Waals surface area contributed by atoms with Crippen LogP contribution in [0.4, 0.5) is 0 Å². The number of aromatic nitrogens is 1. The first kappa shape index (κ1) is 10.1. The van der Waals surface area contributed by atoms with E-state index < -0.39 is 0 Å². The standard InChI is InChI=1S/C11H18N2S/c12-7-6-10-11(14-8-13-10)9-4-2-1-3-5-9/h8-9H,1-7,12H2. The van der Waals surface area contributed by atoms with E-state index in [1.807, 2.05) is 16.8 Å². The summed E-state index contributed by atoms with van der Waals surface area (Å²) in [6.07, 6.45) is 7.88. The lowest BCUT2D eigenvalue weighted by Crippen LogP contribution is -2.09. The van der Waals surface area contributed by atoms with Gasteiger partial charge in [-0.2, -0.15) is 0 Å². The fourth-order valence-electron chi connectivity index (χ4n) is 2.30. The van der Waals surface area contributed by atoms with Crippen LogP contribution in [0, 0.1) is 0 Å². The normalized spacial score (nSPS) is 18.6. The van der Waals surface area contributed by atoms with Crippen molar-refractivity contribution in [2.75, 3.05) is 6.54 Å². The summed E-state index contributed by atoms with van der Waals surface area (Å²) in [6, 6.07) is 0. The third kappa shape index (κ3) is 2.15. The molecule has 0 bridgehead atoms. The van der Waals surface area contributed by atoms with Gasteiger partial charge in [0.2, 0.25) is 0 Å². The predicted octanol–water partition coefficient (Wildman–Crippen LogP) is 2.69. The summed E-state index contributed by atoms with van der Waals surface area (Å²) in [5.74, 6) is 0.790. The first-order chi connectivity index (χ1) is 6.92. The van der Waals surface area contributed by atoms with E-state index in [0.29, 0.717) is 0 Å². The minimum Gasteiger partial charge on any atom is -0.330 e. The molecule has 1 aromatic rings. The van der Waals surface area contributed by atoms with Crippen molar-refractivity contribution in [3.8, 4) is 0 Å². The van der Waals surface area contributed by atoms with Gasteiger partial charge < -0.3 is 5.73 Å². The van der Waals surface area contributed by atoms with Crippen LogP contribution in [0.25, 0.3) is 0 Å². The van der Waals surface area contributed by atoms with Gasteiger partial charge in [-0.25, -0.2) is 4.98 Å². The van der Waals surface area contributed by atoms with Gasteiger partial charge in [-0.3, -0.25) is 0 Å². The molecule has 78 valence electrons. The maximum atomic E-state index is 5.58. The van der Waals surface area contributed by atoms with Crippen LogP contribution in [0.5, 0.6) is 0 Å². The molecule has 0 radical (unpaired) electrons. The topological polar surface area (TPSA) is 38.9 Å². The first-order valence-electron chi connectivity index (χ1n) is 5.54. The summed E-state index contributed by atoms with van der Waals surface area (Å²) in [5.41, 5.74) is 8.83. The highest BCUT2D eigenvalue weighted by Crippen LogP contribution is 2.36. The number of hydrogen-bond acceptors (Lipinski definition) is 3. The molecular formula is C11H18N2S. The Bertz CT molecular complexity index is 277. The molecule has 1 saturated carbocycles. The summed E-state index contributed by atoms with van der Waals surface area (Å²) in [6.45, 7) is 0.726. The van der Waals surface area contributed by atoms with Crippen LogP contribution >= 0.6 is 11.3 Å². The van der Waals surface area contributed by atoms with Gasteiger partial charge in [-0.1, -0.05) is 19.3 Å². The Morgan fingerprint density at radius 3 is 2.86 bits per heavy atom. The van der Waals surface area contributed by atoms with Crippen molar-refractivity contribution in [1.29, 1.82) is 0 Å². The van der Waals surface area contributed by atoms with Crippen LogP contribution in [-0.2, 0) is 6.42 Å². The quantitative estimate of drug-likeness (QED) is 0.833. The van der Waals surface area contributed by atoms with Gasteiger partial charge in [0, 0.05) is 11.3 Å². The zero-order chi connectivity index (χ0) is 9.80. The number of nitrogens with zero attached hydrogens (tertiary/aromatic N) is 1. The highest BCUT2D eigenvalue weighted by molar-refractivity contribution is 7.09. The molecule has 3 heteroatoms. The average molecular weight is 210 g/mol. The van der Waals surface area contributed by atoms with Crippen LogP contribution in [0.3, 0.4) is 0 Å². The molecule has 0 atom stereocenters. The lowest BCUT2D eigenvalue weighted by atomic mass is 9.87. The molecule has 0 aromatic carbocycles. The molecule has 2 nitrogen and oxygen atoms in total. The molecule has 2 N–H and O–H groups in total. The molecule has 14 heavy (non-hydrogen) atoms. The molecule has 0 aliphatic heterocycles. The SMILES string of the molecule is NCCc1ncsc1C1CCCCC1. The molecule has 0 unspecified atom stereocenters. The number of nitrogens with two attached hydrogens (primary N) is 1. The van der Waals surface area contributed by atoms with E-state index in [1.165, 1.54) is 42.7 Å². The minimum absolute atomic E-state index is 0.726. The Labute approximate surface area is 89.5 Å². The second-order valence-electron chi connectivity index (χ2n) is 4.04. The molecule has 1 fully saturated rings. The molecule has 0 amide bonds. The summed E-state index contributed by atoms with van der Waals surface area (Å²) in [5, 5.41) is 0. The van der Waals surface area contributed by atoms with Crippen LogP contribution in [0.1, 0.15) is 48.6 Å². The van der Waals surface area contributed by atoms with Gasteiger partial charge in [0.15, 0.2) is 0 Å². The summed E-state index contributed by atoms with van der Waals surface area (Å²) >= 11 is 1.83. The minimum atomic E-state index is 0.726. The van der Waals surface area contributed by atoms with Crippen LogP contribution < -0.4 is 5.73 Å². The Morgan fingerprint density at radius 2 is 2.14 bits per heavy atom. The fourth-order valence-corrected chi connectivity index (χ4v) is 3.31. The highest BCUT2D eigenvalue weighted by Gasteiger charge is 2.19. The lowest BCUT2D eigenvalue weighted by molar-refractivity contribution is 0.446. The number of rotatable bonds is 3. The Morgan fingerprint density at radius 1 is 1.36 bits per heavy atom. The van der Waals surface area contributed by atoms with Crippen molar-refractivity contribution in [3.63, 3.8) is 0 Å². The van der Waals surface area contributed by atoms with E-state index in [1.54, 1.807) is 0 Å². The molecule has 1 aliphatic rings. The van der Waals surface area contributed by atoms with Gasteiger partial charge in [0.25, 0.3) is 0 Å². The van der Waals surface area contributed by atoms with Crippen LogP contribution in [0.2, 0.25) is 0 Å². The average Bonchev–Trinajstić information content (AvgIpc) is 2.68. The molecule has 2 rings (SSSR count). The van der Waals surface area contributed by atoms with Crippen LogP contribution in [-0.4, -0.2) is 11.5 Å². The molecule has 0 saturated heterocycles. The highest BCUT2D eigenvalue weighted by atomic mass is 32.1. The van der Waals surface area contributed by atoms with E-state index in [9.17, 15) is 0 Å². The number of thiazole rings is 1.